The zero-order valence-electron chi connectivity index (χ0n) is 21.6. The third-order valence-electron chi connectivity index (χ3n) is 7.31. The zero-order chi connectivity index (χ0) is 26.2. The smallest absolute Gasteiger partial charge is 0.246 e. The summed E-state index contributed by atoms with van der Waals surface area (Å²) in [6.45, 7) is 2.45. The minimum atomic E-state index is -0.0542. The second-order valence-electron chi connectivity index (χ2n) is 9.74. The van der Waals surface area contributed by atoms with E-state index in [2.05, 4.69) is 48.5 Å². The fourth-order valence-electron chi connectivity index (χ4n) is 5.21. The third-order valence-corrected chi connectivity index (χ3v) is 7.31. The van der Waals surface area contributed by atoms with E-state index in [9.17, 15) is 9.59 Å². The van der Waals surface area contributed by atoms with Crippen LogP contribution >= 0.6 is 0 Å². The van der Waals surface area contributed by atoms with Crippen molar-refractivity contribution in [1.82, 2.24) is 9.80 Å². The molecule has 196 valence electrons. The molecule has 0 N–H and O–H groups in total. The van der Waals surface area contributed by atoms with Crippen LogP contribution in [0.25, 0.3) is 6.08 Å². The quantitative estimate of drug-likeness (QED) is 0.282. The number of benzene rings is 3. The second-order valence-corrected chi connectivity index (χ2v) is 9.74. The second kappa shape index (κ2) is 12.5. The molecule has 6 nitrogen and oxygen atoms in total. The lowest BCUT2D eigenvalue weighted by atomic mass is 9.87. The van der Waals surface area contributed by atoms with Crippen LogP contribution < -0.4 is 9.47 Å². The van der Waals surface area contributed by atoms with Crippen LogP contribution in [0.3, 0.4) is 0 Å². The fourth-order valence-corrected chi connectivity index (χ4v) is 5.21. The molecule has 3 aromatic rings. The highest BCUT2D eigenvalue weighted by Gasteiger charge is 2.23. The zero-order valence-corrected chi connectivity index (χ0v) is 21.6. The SMILES string of the molecule is O=C(/C=C/c1cccc2c1OCO2)N1CCN(C(=O)CCCCC(c2ccccc2)c2ccccc2)CC1. The van der Waals surface area contributed by atoms with Crippen LogP contribution in [-0.4, -0.2) is 54.6 Å². The molecule has 0 saturated carbocycles. The number of amides is 2. The number of hydrogen-bond donors (Lipinski definition) is 0. The number of piperazine rings is 1. The highest BCUT2D eigenvalue weighted by molar-refractivity contribution is 5.92. The van der Waals surface area contributed by atoms with E-state index in [1.54, 1.807) is 17.1 Å². The maximum atomic E-state index is 12.9. The summed E-state index contributed by atoms with van der Waals surface area (Å²) >= 11 is 0. The van der Waals surface area contributed by atoms with E-state index >= 15 is 0 Å². The van der Waals surface area contributed by atoms with Gasteiger partial charge in [-0.25, -0.2) is 0 Å². The van der Waals surface area contributed by atoms with Crippen molar-refractivity contribution in [3.05, 3.63) is 102 Å². The van der Waals surface area contributed by atoms with Crippen molar-refractivity contribution < 1.29 is 19.1 Å². The van der Waals surface area contributed by atoms with Gasteiger partial charge in [-0.2, -0.15) is 0 Å². The Balaban J connectivity index is 1.06. The molecular formula is C32H34N2O4. The molecule has 1 fully saturated rings. The van der Waals surface area contributed by atoms with E-state index in [1.165, 1.54) is 11.1 Å². The number of carbonyl (C=O) groups is 2. The van der Waals surface area contributed by atoms with Gasteiger partial charge in [-0.15, -0.1) is 0 Å². The first-order chi connectivity index (χ1) is 18.7. The van der Waals surface area contributed by atoms with Crippen LogP contribution in [-0.2, 0) is 9.59 Å². The molecule has 2 aliphatic rings. The predicted molar refractivity (Wildman–Crippen MR) is 148 cm³/mol. The van der Waals surface area contributed by atoms with E-state index in [4.69, 9.17) is 9.47 Å². The molecular weight excluding hydrogens is 476 g/mol. The maximum Gasteiger partial charge on any atom is 0.246 e. The largest absolute Gasteiger partial charge is 0.454 e. The number of unbranched alkanes of at least 4 members (excludes halogenated alkanes) is 1. The van der Waals surface area contributed by atoms with Gasteiger partial charge in [0.2, 0.25) is 18.6 Å². The minimum absolute atomic E-state index is 0.0542. The Bertz CT molecular complexity index is 1210. The molecule has 5 rings (SSSR count). The van der Waals surface area contributed by atoms with Gasteiger partial charge >= 0.3 is 0 Å². The number of hydrogen-bond acceptors (Lipinski definition) is 4. The summed E-state index contributed by atoms with van der Waals surface area (Å²) in [7, 11) is 0. The Morgan fingerprint density at radius 3 is 2.11 bits per heavy atom. The maximum absolute atomic E-state index is 12.9. The monoisotopic (exact) mass is 510 g/mol. The normalized spacial score (nSPS) is 14.9. The number of carbonyl (C=O) groups excluding carboxylic acids is 2. The van der Waals surface area contributed by atoms with Crippen LogP contribution in [0.1, 0.15) is 48.3 Å². The molecule has 0 unspecified atom stereocenters. The lowest BCUT2D eigenvalue weighted by Crippen LogP contribution is -2.50. The molecule has 38 heavy (non-hydrogen) atoms. The summed E-state index contributed by atoms with van der Waals surface area (Å²) in [6, 6.07) is 26.8. The average molecular weight is 511 g/mol. The topological polar surface area (TPSA) is 59.1 Å². The van der Waals surface area contributed by atoms with Gasteiger partial charge < -0.3 is 19.3 Å². The summed E-state index contributed by atoms with van der Waals surface area (Å²) < 4.78 is 10.9. The van der Waals surface area contributed by atoms with Gasteiger partial charge in [-0.1, -0.05) is 79.2 Å². The van der Waals surface area contributed by atoms with Crippen molar-refractivity contribution in [2.24, 2.45) is 0 Å². The Morgan fingerprint density at radius 2 is 1.42 bits per heavy atom. The summed E-state index contributed by atoms with van der Waals surface area (Å²) in [6.07, 6.45) is 6.75. The van der Waals surface area contributed by atoms with Gasteiger partial charge in [0.05, 0.1) is 0 Å². The Morgan fingerprint density at radius 1 is 0.763 bits per heavy atom. The average Bonchev–Trinajstić information content (AvgIpc) is 3.46. The molecule has 6 heteroatoms. The van der Waals surface area contributed by atoms with Crippen molar-refractivity contribution >= 4 is 17.9 Å². The van der Waals surface area contributed by atoms with Gasteiger partial charge in [0, 0.05) is 50.2 Å². The van der Waals surface area contributed by atoms with E-state index in [0.29, 0.717) is 50.0 Å². The van der Waals surface area contributed by atoms with Crippen LogP contribution in [0.2, 0.25) is 0 Å². The van der Waals surface area contributed by atoms with E-state index in [0.717, 1.165) is 24.8 Å². The molecule has 0 aromatic heterocycles. The molecule has 0 radical (unpaired) electrons. The highest BCUT2D eigenvalue weighted by atomic mass is 16.7. The predicted octanol–water partition coefficient (Wildman–Crippen LogP) is 5.49. The van der Waals surface area contributed by atoms with E-state index < -0.39 is 0 Å². The molecule has 1 saturated heterocycles. The standard InChI is InChI=1S/C32H34N2O4/c35-30(17-8-7-15-28(25-10-3-1-4-11-25)26-12-5-2-6-13-26)33-20-22-34(23-21-33)31(36)19-18-27-14-9-16-29-32(27)38-24-37-29/h1-6,9-14,16,18-19,28H,7-8,15,17,20-24H2/b19-18+. The Kier molecular flexibility index (Phi) is 8.39. The van der Waals surface area contributed by atoms with Gasteiger partial charge in [-0.05, 0) is 36.1 Å². The fraction of sp³-hybridized carbons (Fsp3) is 0.312. The molecule has 2 aliphatic heterocycles. The number of fused-ring (bicyclic) bond motifs is 1. The van der Waals surface area contributed by atoms with Crippen LogP contribution in [0, 0.1) is 0 Å². The van der Waals surface area contributed by atoms with Crippen molar-refractivity contribution in [1.29, 1.82) is 0 Å². The summed E-state index contributed by atoms with van der Waals surface area (Å²) in [5, 5.41) is 0. The summed E-state index contributed by atoms with van der Waals surface area (Å²) in [5.74, 6) is 1.83. The first-order valence-electron chi connectivity index (χ1n) is 13.4. The van der Waals surface area contributed by atoms with Crippen LogP contribution in [0.15, 0.2) is 84.9 Å². The van der Waals surface area contributed by atoms with Gasteiger partial charge in [-0.3, -0.25) is 9.59 Å². The van der Waals surface area contributed by atoms with Gasteiger partial charge in [0.15, 0.2) is 11.5 Å². The minimum Gasteiger partial charge on any atom is -0.454 e. The van der Waals surface area contributed by atoms with Gasteiger partial charge in [0.1, 0.15) is 0 Å². The van der Waals surface area contributed by atoms with Crippen LogP contribution in [0.4, 0.5) is 0 Å². The molecule has 3 aromatic carbocycles. The van der Waals surface area contributed by atoms with Crippen molar-refractivity contribution in [3.8, 4) is 11.5 Å². The number of ether oxygens (including phenoxy) is 2. The first-order valence-corrected chi connectivity index (χ1v) is 13.4. The molecule has 2 heterocycles. The van der Waals surface area contributed by atoms with Crippen molar-refractivity contribution in [2.75, 3.05) is 33.0 Å². The summed E-state index contributed by atoms with van der Waals surface area (Å²) in [5.41, 5.74) is 3.46. The van der Waals surface area contributed by atoms with E-state index in [1.807, 2.05) is 35.2 Å². The van der Waals surface area contributed by atoms with Crippen molar-refractivity contribution in [3.63, 3.8) is 0 Å². The molecule has 0 atom stereocenters. The molecule has 0 spiro atoms. The Labute approximate surface area is 224 Å². The number of nitrogens with zero attached hydrogens (tertiary/aromatic N) is 2. The summed E-state index contributed by atoms with van der Waals surface area (Å²) in [4.78, 5) is 29.3. The molecule has 0 aliphatic carbocycles. The lowest BCUT2D eigenvalue weighted by Gasteiger charge is -2.34. The first kappa shape index (κ1) is 25.6. The van der Waals surface area contributed by atoms with Crippen molar-refractivity contribution in [2.45, 2.75) is 31.6 Å². The molecule has 0 bridgehead atoms. The highest BCUT2D eigenvalue weighted by Crippen LogP contribution is 2.36. The number of para-hydroxylation sites is 1. The van der Waals surface area contributed by atoms with Crippen LogP contribution in [0.5, 0.6) is 11.5 Å². The van der Waals surface area contributed by atoms with E-state index in [-0.39, 0.29) is 18.6 Å². The lowest BCUT2D eigenvalue weighted by molar-refractivity contribution is -0.137. The molecule has 2 amide bonds. The third kappa shape index (κ3) is 6.25. The Hall–Kier alpha value is -4.06. The number of rotatable bonds is 9. The van der Waals surface area contributed by atoms with Gasteiger partial charge in [0.25, 0.3) is 0 Å².